The second-order valence-electron chi connectivity index (χ2n) is 4.52. The zero-order valence-corrected chi connectivity index (χ0v) is 11.6. The molecule has 1 aromatic heterocycles. The van der Waals surface area contributed by atoms with Crippen molar-refractivity contribution in [2.75, 3.05) is 13.7 Å². The Morgan fingerprint density at radius 1 is 1.32 bits per heavy atom. The fourth-order valence-corrected chi connectivity index (χ4v) is 2.01. The fourth-order valence-electron chi connectivity index (χ4n) is 2.01. The van der Waals surface area contributed by atoms with Crippen LogP contribution in [0, 0.1) is 0 Å². The molecule has 1 aromatic carbocycles. The van der Waals surface area contributed by atoms with Crippen molar-refractivity contribution in [3.8, 4) is 5.75 Å². The van der Waals surface area contributed by atoms with Crippen LogP contribution in [0.4, 0.5) is 0 Å². The minimum absolute atomic E-state index is 0.762. The lowest BCUT2D eigenvalue weighted by molar-refractivity contribution is 0.410. The number of methoxy groups -OCH3 is 1. The van der Waals surface area contributed by atoms with E-state index in [4.69, 9.17) is 4.74 Å². The first kappa shape index (κ1) is 13.6. The van der Waals surface area contributed by atoms with Gasteiger partial charge in [-0.05, 0) is 19.0 Å². The van der Waals surface area contributed by atoms with E-state index >= 15 is 0 Å². The van der Waals surface area contributed by atoms with Crippen LogP contribution in [0.5, 0.6) is 5.75 Å². The van der Waals surface area contributed by atoms with E-state index < -0.39 is 0 Å². The number of aromatic amines is 1. The summed E-state index contributed by atoms with van der Waals surface area (Å²) >= 11 is 0. The third-order valence-electron chi connectivity index (χ3n) is 2.97. The zero-order chi connectivity index (χ0) is 13.5. The summed E-state index contributed by atoms with van der Waals surface area (Å²) in [7, 11) is 1.70. The maximum Gasteiger partial charge on any atom is 0.122 e. The molecule has 2 N–H and O–H groups in total. The summed E-state index contributed by atoms with van der Waals surface area (Å²) in [5.74, 6) is 1.88. The van der Waals surface area contributed by atoms with Crippen LogP contribution < -0.4 is 10.1 Å². The molecule has 0 unspecified atom stereocenters. The highest BCUT2D eigenvalue weighted by atomic mass is 16.5. The number of imidazole rings is 1. The van der Waals surface area contributed by atoms with E-state index in [1.165, 1.54) is 0 Å². The predicted molar refractivity (Wildman–Crippen MR) is 76.4 cm³/mol. The third kappa shape index (κ3) is 3.83. The molecule has 4 heteroatoms. The number of hydrogen-bond donors (Lipinski definition) is 2. The van der Waals surface area contributed by atoms with Crippen LogP contribution in [0.25, 0.3) is 0 Å². The van der Waals surface area contributed by atoms with Crippen molar-refractivity contribution in [3.63, 3.8) is 0 Å². The lowest BCUT2D eigenvalue weighted by Crippen LogP contribution is -2.13. The molecule has 4 nitrogen and oxygen atoms in total. The summed E-state index contributed by atoms with van der Waals surface area (Å²) in [6.07, 6.45) is 3.80. The summed E-state index contributed by atoms with van der Waals surface area (Å²) in [5, 5.41) is 3.36. The smallest absolute Gasteiger partial charge is 0.122 e. The maximum absolute atomic E-state index is 5.35. The Hall–Kier alpha value is -1.81. The van der Waals surface area contributed by atoms with E-state index in [1.807, 2.05) is 24.4 Å². The Morgan fingerprint density at radius 3 is 2.95 bits per heavy atom. The quantitative estimate of drug-likeness (QED) is 0.751. The number of para-hydroxylation sites is 1. The third-order valence-corrected chi connectivity index (χ3v) is 2.97. The largest absolute Gasteiger partial charge is 0.496 e. The first-order valence-electron chi connectivity index (χ1n) is 6.69. The second kappa shape index (κ2) is 6.95. The molecule has 0 atom stereocenters. The molecule has 102 valence electrons. The Kier molecular flexibility index (Phi) is 4.98. The summed E-state index contributed by atoms with van der Waals surface area (Å²) in [4.78, 5) is 7.76. The van der Waals surface area contributed by atoms with Gasteiger partial charge in [0.2, 0.25) is 0 Å². The van der Waals surface area contributed by atoms with Crippen molar-refractivity contribution < 1.29 is 4.74 Å². The average molecular weight is 259 g/mol. The van der Waals surface area contributed by atoms with Crippen LogP contribution in [0.1, 0.15) is 30.4 Å². The van der Waals surface area contributed by atoms with Crippen molar-refractivity contribution in [2.24, 2.45) is 0 Å². The first-order chi connectivity index (χ1) is 9.33. The summed E-state index contributed by atoms with van der Waals surface area (Å²) in [6, 6.07) is 8.04. The number of ether oxygens (including phenoxy) is 1. The number of rotatable bonds is 7. The maximum atomic E-state index is 5.35. The SMILES string of the molecule is CCCNCc1cnc(Cc2ccccc2OC)[nH]1. The van der Waals surface area contributed by atoms with Crippen molar-refractivity contribution >= 4 is 0 Å². The van der Waals surface area contributed by atoms with Gasteiger partial charge in [0.25, 0.3) is 0 Å². The first-order valence-corrected chi connectivity index (χ1v) is 6.69. The van der Waals surface area contributed by atoms with Gasteiger partial charge >= 0.3 is 0 Å². The van der Waals surface area contributed by atoms with Crippen LogP contribution in [-0.2, 0) is 13.0 Å². The Morgan fingerprint density at radius 2 is 2.16 bits per heavy atom. The van der Waals surface area contributed by atoms with Gasteiger partial charge in [-0.1, -0.05) is 25.1 Å². The molecule has 0 aliphatic heterocycles. The molecule has 0 radical (unpaired) electrons. The van der Waals surface area contributed by atoms with Gasteiger partial charge in [-0.25, -0.2) is 4.98 Å². The monoisotopic (exact) mass is 259 g/mol. The number of hydrogen-bond acceptors (Lipinski definition) is 3. The summed E-state index contributed by atoms with van der Waals surface area (Å²) in [5.41, 5.74) is 2.27. The molecule has 0 saturated carbocycles. The van der Waals surface area contributed by atoms with Gasteiger partial charge in [0.1, 0.15) is 11.6 Å². The molecule has 1 heterocycles. The van der Waals surface area contributed by atoms with Crippen molar-refractivity contribution in [1.29, 1.82) is 0 Å². The highest BCUT2D eigenvalue weighted by Gasteiger charge is 2.06. The number of nitrogens with zero attached hydrogens (tertiary/aromatic N) is 1. The summed E-state index contributed by atoms with van der Waals surface area (Å²) in [6.45, 7) is 4.03. The van der Waals surface area contributed by atoms with Gasteiger partial charge in [0.15, 0.2) is 0 Å². The molecular weight excluding hydrogens is 238 g/mol. The lowest BCUT2D eigenvalue weighted by Gasteiger charge is -2.06. The van der Waals surface area contributed by atoms with E-state index in [1.54, 1.807) is 7.11 Å². The van der Waals surface area contributed by atoms with Gasteiger partial charge in [0.05, 0.1) is 7.11 Å². The molecule has 0 aliphatic carbocycles. The van der Waals surface area contributed by atoms with Crippen molar-refractivity contribution in [2.45, 2.75) is 26.3 Å². The number of aromatic nitrogens is 2. The minimum Gasteiger partial charge on any atom is -0.496 e. The van der Waals surface area contributed by atoms with Crippen LogP contribution in [0.2, 0.25) is 0 Å². The molecular formula is C15H21N3O. The Balaban J connectivity index is 1.99. The molecule has 0 fully saturated rings. The van der Waals surface area contributed by atoms with Crippen LogP contribution in [0.15, 0.2) is 30.5 Å². The topological polar surface area (TPSA) is 49.9 Å². The Labute approximate surface area is 114 Å². The van der Waals surface area contributed by atoms with E-state index in [2.05, 4.69) is 28.3 Å². The minimum atomic E-state index is 0.762. The number of benzene rings is 1. The molecule has 2 rings (SSSR count). The molecule has 19 heavy (non-hydrogen) atoms. The number of H-pyrrole nitrogens is 1. The van der Waals surface area contributed by atoms with E-state index in [9.17, 15) is 0 Å². The summed E-state index contributed by atoms with van der Waals surface area (Å²) < 4.78 is 5.35. The fraction of sp³-hybridized carbons (Fsp3) is 0.400. The highest BCUT2D eigenvalue weighted by molar-refractivity contribution is 5.35. The lowest BCUT2D eigenvalue weighted by atomic mass is 10.1. The molecule has 0 spiro atoms. The van der Waals surface area contributed by atoms with Gasteiger partial charge in [-0.15, -0.1) is 0 Å². The van der Waals surface area contributed by atoms with Gasteiger partial charge < -0.3 is 15.0 Å². The van der Waals surface area contributed by atoms with Gasteiger partial charge in [0, 0.05) is 30.4 Å². The van der Waals surface area contributed by atoms with Crippen molar-refractivity contribution in [3.05, 3.63) is 47.5 Å². The molecule has 0 bridgehead atoms. The van der Waals surface area contributed by atoms with Crippen LogP contribution >= 0.6 is 0 Å². The number of nitrogens with one attached hydrogen (secondary N) is 2. The zero-order valence-electron chi connectivity index (χ0n) is 11.6. The van der Waals surface area contributed by atoms with Crippen LogP contribution in [-0.4, -0.2) is 23.6 Å². The average Bonchev–Trinajstić information content (AvgIpc) is 2.87. The molecule has 0 aliphatic rings. The molecule has 0 saturated heterocycles. The van der Waals surface area contributed by atoms with Gasteiger partial charge in [-0.3, -0.25) is 0 Å². The van der Waals surface area contributed by atoms with E-state index in [-0.39, 0.29) is 0 Å². The highest BCUT2D eigenvalue weighted by Crippen LogP contribution is 2.19. The van der Waals surface area contributed by atoms with Gasteiger partial charge in [-0.2, -0.15) is 0 Å². The van der Waals surface area contributed by atoms with Crippen molar-refractivity contribution in [1.82, 2.24) is 15.3 Å². The van der Waals surface area contributed by atoms with E-state index in [0.717, 1.165) is 48.8 Å². The van der Waals surface area contributed by atoms with E-state index in [0.29, 0.717) is 0 Å². The standard InChI is InChI=1S/C15H21N3O/c1-3-8-16-10-13-11-17-15(18-13)9-12-6-4-5-7-14(12)19-2/h4-7,11,16H,3,8-10H2,1-2H3,(H,17,18). The second-order valence-corrected chi connectivity index (χ2v) is 4.52. The molecule has 0 amide bonds. The molecule has 2 aromatic rings. The normalized spacial score (nSPS) is 10.6. The Bertz CT molecular complexity index is 508. The predicted octanol–water partition coefficient (Wildman–Crippen LogP) is 2.51. The van der Waals surface area contributed by atoms with Crippen LogP contribution in [0.3, 0.4) is 0 Å².